The molecule has 6 nitrogen and oxygen atoms in total. The second-order valence-corrected chi connectivity index (χ2v) is 5.38. The summed E-state index contributed by atoms with van der Waals surface area (Å²) in [6.07, 6.45) is -0.982. The number of aliphatic hydroxyl groups excluding tert-OH is 1. The molecule has 0 radical (unpaired) electrons. The number of carbonyl (C=O) groups is 2. The number of hydrogen-bond acceptors (Lipinski definition) is 3. The number of carboxylic acid groups (broad SMARTS) is 1. The number of amides is 2. The molecule has 1 aliphatic rings. The van der Waals surface area contributed by atoms with Gasteiger partial charge in [0.2, 0.25) is 0 Å². The molecule has 2 rings (SSSR count). The number of halogens is 3. The van der Waals surface area contributed by atoms with Gasteiger partial charge in [0.15, 0.2) is 0 Å². The summed E-state index contributed by atoms with van der Waals surface area (Å²) in [6, 6.07) is 0.0139. The van der Waals surface area contributed by atoms with E-state index < -0.39 is 30.0 Å². The fourth-order valence-electron chi connectivity index (χ4n) is 2.11. The first-order valence-electron chi connectivity index (χ1n) is 5.92. The maximum atomic E-state index is 13.1. The number of aliphatic carboxylic acids is 1. The summed E-state index contributed by atoms with van der Waals surface area (Å²) in [5, 5.41) is 20.6. The number of carboxylic acids is 1. The molecule has 114 valence electrons. The van der Waals surface area contributed by atoms with Gasteiger partial charge in [0.25, 0.3) is 0 Å². The Hall–Kier alpha value is -1.57. The molecule has 0 aliphatic carbocycles. The van der Waals surface area contributed by atoms with Gasteiger partial charge in [0.05, 0.1) is 21.8 Å². The van der Waals surface area contributed by atoms with Crippen LogP contribution in [-0.2, 0) is 4.79 Å². The lowest BCUT2D eigenvalue weighted by Gasteiger charge is -2.22. The van der Waals surface area contributed by atoms with Gasteiger partial charge in [-0.2, -0.15) is 0 Å². The number of benzene rings is 1. The Balaban J connectivity index is 2.20. The van der Waals surface area contributed by atoms with E-state index in [4.69, 9.17) is 28.3 Å². The van der Waals surface area contributed by atoms with Crippen molar-refractivity contribution in [1.29, 1.82) is 0 Å². The van der Waals surface area contributed by atoms with Crippen molar-refractivity contribution in [3.8, 4) is 0 Å². The highest BCUT2D eigenvalue weighted by atomic mass is 35.5. The van der Waals surface area contributed by atoms with Crippen LogP contribution in [0.15, 0.2) is 12.1 Å². The first-order chi connectivity index (χ1) is 9.79. The number of hydrogen-bond donors (Lipinski definition) is 3. The maximum absolute atomic E-state index is 13.1. The highest BCUT2D eigenvalue weighted by molar-refractivity contribution is 6.39. The van der Waals surface area contributed by atoms with E-state index in [1.165, 1.54) is 0 Å². The molecular weight excluding hydrogens is 326 g/mol. The molecule has 1 aromatic carbocycles. The molecule has 0 spiro atoms. The third kappa shape index (κ3) is 3.37. The summed E-state index contributed by atoms with van der Waals surface area (Å²) in [6.45, 7) is -0.126. The Morgan fingerprint density at radius 1 is 1.33 bits per heavy atom. The Bertz CT molecular complexity index is 576. The number of nitrogens with zero attached hydrogens (tertiary/aromatic N) is 1. The van der Waals surface area contributed by atoms with Gasteiger partial charge in [-0.1, -0.05) is 23.2 Å². The molecular formula is C12H11Cl2FN2O4. The largest absolute Gasteiger partial charge is 0.480 e. The van der Waals surface area contributed by atoms with Crippen molar-refractivity contribution in [2.45, 2.75) is 18.6 Å². The zero-order valence-electron chi connectivity index (χ0n) is 10.5. The quantitative estimate of drug-likeness (QED) is 0.772. The Kier molecular flexibility index (Phi) is 4.55. The molecule has 0 unspecified atom stereocenters. The van der Waals surface area contributed by atoms with E-state index in [1.54, 1.807) is 0 Å². The molecule has 0 bridgehead atoms. The number of urea groups is 1. The molecule has 1 heterocycles. The standard InChI is InChI=1S/C12H11Cl2FN2O4/c13-7-1-5(15)2-8(14)10(7)16-12(21)17-4-6(18)3-9(17)11(19)20/h1-2,6,9,18H,3-4H2,(H,16,21)(H,19,20)/t6-,9-/m1/s1. The molecule has 21 heavy (non-hydrogen) atoms. The zero-order valence-corrected chi connectivity index (χ0v) is 12.0. The fourth-order valence-corrected chi connectivity index (χ4v) is 2.67. The predicted molar refractivity (Wildman–Crippen MR) is 74.2 cm³/mol. The molecule has 2 atom stereocenters. The molecule has 1 fully saturated rings. The minimum absolute atomic E-state index is 0.0183. The van der Waals surface area contributed by atoms with Crippen LogP contribution in [0, 0.1) is 5.82 Å². The SMILES string of the molecule is O=C(O)[C@H]1C[C@@H](O)CN1C(=O)Nc1c(Cl)cc(F)cc1Cl. The Morgan fingerprint density at radius 3 is 2.43 bits per heavy atom. The van der Waals surface area contributed by atoms with Gasteiger partial charge in [-0.05, 0) is 12.1 Å². The molecule has 1 saturated heterocycles. The third-order valence-electron chi connectivity index (χ3n) is 3.06. The van der Waals surface area contributed by atoms with E-state index in [0.717, 1.165) is 17.0 Å². The summed E-state index contributed by atoms with van der Waals surface area (Å²) in [5.74, 6) is -1.89. The number of β-amino-alcohol motifs (C(OH)–C–C–N with tert-alkyl or cyclic N) is 1. The van der Waals surface area contributed by atoms with Crippen LogP contribution < -0.4 is 5.32 Å². The first-order valence-corrected chi connectivity index (χ1v) is 6.68. The molecule has 9 heteroatoms. The van der Waals surface area contributed by atoms with E-state index in [1.807, 2.05) is 0 Å². The van der Waals surface area contributed by atoms with Crippen LogP contribution in [0.1, 0.15) is 6.42 Å². The van der Waals surface area contributed by atoms with E-state index in [0.29, 0.717) is 0 Å². The second kappa shape index (κ2) is 6.05. The fraction of sp³-hybridized carbons (Fsp3) is 0.333. The van der Waals surface area contributed by atoms with Crippen LogP contribution in [0.25, 0.3) is 0 Å². The Labute approximate surface area is 129 Å². The number of nitrogens with one attached hydrogen (secondary N) is 1. The van der Waals surface area contributed by atoms with E-state index in [9.17, 15) is 19.1 Å². The van der Waals surface area contributed by atoms with Gasteiger partial charge in [0, 0.05) is 13.0 Å². The highest BCUT2D eigenvalue weighted by Gasteiger charge is 2.39. The van der Waals surface area contributed by atoms with E-state index in [-0.39, 0.29) is 28.7 Å². The monoisotopic (exact) mass is 336 g/mol. The third-order valence-corrected chi connectivity index (χ3v) is 3.66. The lowest BCUT2D eigenvalue weighted by atomic mass is 10.2. The van der Waals surface area contributed by atoms with Crippen LogP contribution in [-0.4, -0.2) is 45.8 Å². The zero-order chi connectivity index (χ0) is 15.7. The summed E-state index contributed by atoms with van der Waals surface area (Å²) in [7, 11) is 0. The smallest absolute Gasteiger partial charge is 0.326 e. The van der Waals surface area contributed by atoms with Gasteiger partial charge in [-0.3, -0.25) is 0 Å². The molecule has 0 aromatic heterocycles. The van der Waals surface area contributed by atoms with E-state index >= 15 is 0 Å². The summed E-state index contributed by atoms with van der Waals surface area (Å²) < 4.78 is 13.1. The first kappa shape index (κ1) is 15.8. The van der Waals surface area contributed by atoms with Gasteiger partial charge < -0.3 is 20.4 Å². The normalized spacial score (nSPS) is 21.4. The summed E-state index contributed by atoms with van der Waals surface area (Å²) >= 11 is 11.6. The van der Waals surface area contributed by atoms with Crippen LogP contribution in [0.5, 0.6) is 0 Å². The van der Waals surface area contributed by atoms with Crippen molar-refractivity contribution in [3.05, 3.63) is 28.0 Å². The average molecular weight is 337 g/mol. The van der Waals surface area contributed by atoms with Crippen molar-refractivity contribution in [2.75, 3.05) is 11.9 Å². The second-order valence-electron chi connectivity index (χ2n) is 4.57. The van der Waals surface area contributed by atoms with Crippen molar-refractivity contribution in [1.82, 2.24) is 4.90 Å². The molecule has 1 aliphatic heterocycles. The molecule has 3 N–H and O–H groups in total. The van der Waals surface area contributed by atoms with Crippen LogP contribution in [0.2, 0.25) is 10.0 Å². The number of rotatable bonds is 2. The topological polar surface area (TPSA) is 89.9 Å². The van der Waals surface area contributed by atoms with Crippen molar-refractivity contribution in [3.63, 3.8) is 0 Å². The van der Waals surface area contributed by atoms with Crippen LogP contribution in [0.3, 0.4) is 0 Å². The predicted octanol–water partition coefficient (Wildman–Crippen LogP) is 2.18. The summed E-state index contributed by atoms with van der Waals surface area (Å²) in [5.41, 5.74) is -0.0183. The van der Waals surface area contributed by atoms with Gasteiger partial charge >= 0.3 is 12.0 Å². The van der Waals surface area contributed by atoms with Crippen LogP contribution in [0.4, 0.5) is 14.9 Å². The number of aliphatic hydroxyl groups is 1. The van der Waals surface area contributed by atoms with E-state index in [2.05, 4.69) is 5.32 Å². The minimum atomic E-state index is -1.22. The van der Waals surface area contributed by atoms with Crippen LogP contribution >= 0.6 is 23.2 Å². The van der Waals surface area contributed by atoms with Crippen molar-refractivity contribution in [2.24, 2.45) is 0 Å². The van der Waals surface area contributed by atoms with Gasteiger partial charge in [0.1, 0.15) is 11.9 Å². The molecule has 2 amide bonds. The number of carbonyl (C=O) groups excluding carboxylic acids is 1. The average Bonchev–Trinajstić information content (AvgIpc) is 2.76. The van der Waals surface area contributed by atoms with Crippen molar-refractivity contribution < 1.29 is 24.2 Å². The van der Waals surface area contributed by atoms with Crippen molar-refractivity contribution >= 4 is 40.9 Å². The summed E-state index contributed by atoms with van der Waals surface area (Å²) in [4.78, 5) is 24.1. The lowest BCUT2D eigenvalue weighted by Crippen LogP contribution is -2.43. The lowest BCUT2D eigenvalue weighted by molar-refractivity contribution is -0.141. The minimum Gasteiger partial charge on any atom is -0.480 e. The maximum Gasteiger partial charge on any atom is 0.326 e. The molecule has 0 saturated carbocycles. The molecule has 1 aromatic rings. The van der Waals surface area contributed by atoms with Gasteiger partial charge in [-0.25, -0.2) is 14.0 Å². The van der Waals surface area contributed by atoms with Gasteiger partial charge in [-0.15, -0.1) is 0 Å². The Morgan fingerprint density at radius 2 is 1.90 bits per heavy atom. The highest BCUT2D eigenvalue weighted by Crippen LogP contribution is 2.32. The number of likely N-dealkylation sites (tertiary alicyclic amines) is 1. The number of anilines is 1.